The number of hydrogen-bond acceptors (Lipinski definition) is 5. The first-order valence-corrected chi connectivity index (χ1v) is 6.52. The van der Waals surface area contributed by atoms with E-state index in [1.165, 1.54) is 0 Å². The molecule has 1 aromatic heterocycles. The summed E-state index contributed by atoms with van der Waals surface area (Å²) in [5.74, 6) is 0.439. The van der Waals surface area contributed by atoms with Crippen LogP contribution in [-0.4, -0.2) is 35.1 Å². The van der Waals surface area contributed by atoms with Crippen molar-refractivity contribution in [3.8, 4) is 0 Å². The van der Waals surface area contributed by atoms with E-state index in [1.54, 1.807) is 12.4 Å². The number of nitrogens with zero attached hydrogens (tertiary/aromatic N) is 2. The molecule has 2 fully saturated rings. The summed E-state index contributed by atoms with van der Waals surface area (Å²) in [4.78, 5) is 8.30. The minimum absolute atomic E-state index is 0.271. The quantitative estimate of drug-likeness (QED) is 0.817. The lowest BCUT2D eigenvalue weighted by Gasteiger charge is -2.35. The van der Waals surface area contributed by atoms with Crippen LogP contribution in [0, 0.1) is 0 Å². The molecule has 0 bridgehead atoms. The Labute approximate surface area is 106 Å². The topological polar surface area (TPSA) is 53.5 Å². The van der Waals surface area contributed by atoms with Crippen molar-refractivity contribution in [3.05, 3.63) is 24.3 Å². The molecule has 0 atom stereocenters. The zero-order valence-corrected chi connectivity index (χ0v) is 10.4. The minimum atomic E-state index is -0.302. The molecule has 0 radical (unpaired) electrons. The summed E-state index contributed by atoms with van der Waals surface area (Å²) in [5, 5.41) is 0. The molecule has 1 aromatic rings. The molecule has 1 saturated heterocycles. The Kier molecular flexibility index (Phi) is 3.54. The van der Waals surface area contributed by atoms with Crippen molar-refractivity contribution in [2.45, 2.75) is 44.2 Å². The zero-order valence-electron chi connectivity index (χ0n) is 10.4. The molecular formula is C13H18N2O3. The fraction of sp³-hybridized carbons (Fsp3) is 0.692. The third kappa shape index (κ3) is 2.68. The second kappa shape index (κ2) is 5.30. The molecule has 0 aromatic carbocycles. The molecule has 0 unspecified atom stereocenters. The molecule has 0 amide bonds. The Morgan fingerprint density at radius 2 is 1.83 bits per heavy atom. The summed E-state index contributed by atoms with van der Waals surface area (Å²) in [6.45, 7) is 1.94. The predicted molar refractivity (Wildman–Crippen MR) is 63.7 cm³/mol. The van der Waals surface area contributed by atoms with Crippen molar-refractivity contribution < 1.29 is 14.2 Å². The smallest absolute Gasteiger partial charge is 0.168 e. The van der Waals surface area contributed by atoms with Crippen molar-refractivity contribution >= 4 is 0 Å². The van der Waals surface area contributed by atoms with Gasteiger partial charge in [-0.2, -0.15) is 0 Å². The third-order valence-electron chi connectivity index (χ3n) is 3.58. The van der Waals surface area contributed by atoms with Gasteiger partial charge in [-0.1, -0.05) is 0 Å². The highest BCUT2D eigenvalue weighted by Crippen LogP contribution is 2.36. The molecule has 1 aliphatic heterocycles. The van der Waals surface area contributed by atoms with Crippen LogP contribution in [0.1, 0.15) is 31.5 Å². The molecular weight excluding hydrogens is 232 g/mol. The molecule has 1 saturated carbocycles. The van der Waals surface area contributed by atoms with E-state index in [1.807, 2.05) is 6.07 Å². The van der Waals surface area contributed by atoms with Crippen LogP contribution in [0.3, 0.4) is 0 Å². The summed E-state index contributed by atoms with van der Waals surface area (Å²) >= 11 is 0. The highest BCUT2D eigenvalue weighted by Gasteiger charge is 2.40. The van der Waals surface area contributed by atoms with E-state index in [9.17, 15) is 0 Å². The second-order valence-corrected chi connectivity index (χ2v) is 4.78. The maximum absolute atomic E-state index is 5.84. The van der Waals surface area contributed by atoms with Crippen LogP contribution in [0.5, 0.6) is 0 Å². The highest BCUT2D eigenvalue weighted by atomic mass is 16.7. The van der Waals surface area contributed by atoms with E-state index in [-0.39, 0.29) is 11.9 Å². The number of aromatic nitrogens is 2. The fourth-order valence-corrected chi connectivity index (χ4v) is 2.58. The van der Waals surface area contributed by atoms with Gasteiger partial charge in [-0.3, -0.25) is 0 Å². The average Bonchev–Trinajstić information content (AvgIpc) is 2.88. The summed E-state index contributed by atoms with van der Waals surface area (Å²) in [6, 6.07) is 1.81. The number of ether oxygens (including phenoxy) is 3. The summed E-state index contributed by atoms with van der Waals surface area (Å²) in [5.41, 5.74) is 0. The first-order chi connectivity index (χ1) is 8.86. The molecule has 5 nitrogen and oxygen atoms in total. The fourth-order valence-electron chi connectivity index (χ4n) is 2.58. The molecule has 3 rings (SSSR count). The van der Waals surface area contributed by atoms with Crippen LogP contribution < -0.4 is 0 Å². The van der Waals surface area contributed by atoms with Crippen LogP contribution in [-0.2, 0) is 20.8 Å². The molecule has 1 spiro atoms. The standard InChI is InChI=1S/C13H18N2O3/c1-6-14-12(15-7-1)10-16-11-2-4-13(5-3-11)17-8-9-18-13/h1,6-7,11H,2-5,8-10H2. The lowest BCUT2D eigenvalue weighted by molar-refractivity contribution is -0.192. The third-order valence-corrected chi connectivity index (χ3v) is 3.58. The second-order valence-electron chi connectivity index (χ2n) is 4.78. The van der Waals surface area contributed by atoms with Crippen LogP contribution in [0.25, 0.3) is 0 Å². The average molecular weight is 250 g/mol. The minimum Gasteiger partial charge on any atom is -0.370 e. The predicted octanol–water partition coefficient (Wildman–Crippen LogP) is 1.68. The SMILES string of the molecule is c1cnc(COC2CCC3(CC2)OCCO3)nc1. The van der Waals surface area contributed by atoms with Crippen LogP contribution >= 0.6 is 0 Å². The number of hydrogen-bond donors (Lipinski definition) is 0. The Bertz CT molecular complexity index is 369. The Morgan fingerprint density at radius 1 is 1.17 bits per heavy atom. The van der Waals surface area contributed by atoms with E-state index in [0.29, 0.717) is 6.61 Å². The van der Waals surface area contributed by atoms with Gasteiger partial charge in [-0.15, -0.1) is 0 Å². The van der Waals surface area contributed by atoms with Crippen molar-refractivity contribution in [3.63, 3.8) is 0 Å². The molecule has 0 N–H and O–H groups in total. The monoisotopic (exact) mass is 250 g/mol. The number of rotatable bonds is 3. The van der Waals surface area contributed by atoms with E-state index < -0.39 is 0 Å². The van der Waals surface area contributed by atoms with E-state index >= 15 is 0 Å². The van der Waals surface area contributed by atoms with Gasteiger partial charge in [0.25, 0.3) is 0 Å². The van der Waals surface area contributed by atoms with Gasteiger partial charge < -0.3 is 14.2 Å². The highest BCUT2D eigenvalue weighted by molar-refractivity contribution is 4.87. The normalized spacial score (nSPS) is 23.6. The Morgan fingerprint density at radius 3 is 2.50 bits per heavy atom. The first kappa shape index (κ1) is 12.0. The van der Waals surface area contributed by atoms with Gasteiger partial charge in [-0.05, 0) is 18.9 Å². The molecule has 18 heavy (non-hydrogen) atoms. The summed E-state index contributed by atoms with van der Waals surface area (Å²) in [7, 11) is 0. The maximum Gasteiger partial charge on any atom is 0.168 e. The lowest BCUT2D eigenvalue weighted by atomic mass is 9.92. The molecule has 5 heteroatoms. The molecule has 98 valence electrons. The van der Waals surface area contributed by atoms with E-state index in [0.717, 1.165) is 44.7 Å². The van der Waals surface area contributed by atoms with Gasteiger partial charge in [0, 0.05) is 25.2 Å². The molecule has 2 heterocycles. The van der Waals surface area contributed by atoms with Crippen molar-refractivity contribution in [2.24, 2.45) is 0 Å². The Balaban J connectivity index is 1.46. The summed E-state index contributed by atoms with van der Waals surface area (Å²) in [6.07, 6.45) is 7.55. The van der Waals surface area contributed by atoms with Crippen molar-refractivity contribution in [1.29, 1.82) is 0 Å². The van der Waals surface area contributed by atoms with Gasteiger partial charge >= 0.3 is 0 Å². The first-order valence-electron chi connectivity index (χ1n) is 6.52. The van der Waals surface area contributed by atoms with Crippen LogP contribution in [0.2, 0.25) is 0 Å². The Hall–Kier alpha value is -1.04. The van der Waals surface area contributed by atoms with Gasteiger partial charge in [0.1, 0.15) is 6.61 Å². The van der Waals surface area contributed by atoms with Crippen LogP contribution in [0.15, 0.2) is 18.5 Å². The molecule has 2 aliphatic rings. The van der Waals surface area contributed by atoms with Gasteiger partial charge in [0.15, 0.2) is 11.6 Å². The summed E-state index contributed by atoms with van der Waals surface area (Å²) < 4.78 is 17.2. The van der Waals surface area contributed by atoms with Crippen LogP contribution in [0.4, 0.5) is 0 Å². The lowest BCUT2D eigenvalue weighted by Crippen LogP contribution is -2.37. The largest absolute Gasteiger partial charge is 0.370 e. The van der Waals surface area contributed by atoms with Crippen molar-refractivity contribution in [1.82, 2.24) is 9.97 Å². The van der Waals surface area contributed by atoms with Gasteiger partial charge in [0.05, 0.1) is 19.3 Å². The van der Waals surface area contributed by atoms with Gasteiger partial charge in [0.2, 0.25) is 0 Å². The van der Waals surface area contributed by atoms with E-state index in [2.05, 4.69) is 9.97 Å². The maximum atomic E-state index is 5.84. The van der Waals surface area contributed by atoms with E-state index in [4.69, 9.17) is 14.2 Å². The van der Waals surface area contributed by atoms with Crippen molar-refractivity contribution in [2.75, 3.05) is 13.2 Å². The molecule has 1 aliphatic carbocycles. The zero-order chi connectivity index (χ0) is 12.3. The van der Waals surface area contributed by atoms with Gasteiger partial charge in [-0.25, -0.2) is 9.97 Å².